The van der Waals surface area contributed by atoms with Gasteiger partial charge in [0.1, 0.15) is 6.04 Å². The van der Waals surface area contributed by atoms with E-state index in [-0.39, 0.29) is 0 Å². The lowest BCUT2D eigenvalue weighted by Gasteiger charge is -2.02. The quantitative estimate of drug-likeness (QED) is 0.375. The minimum atomic E-state index is -1.05. The number of hydrogen-bond acceptors (Lipinski definition) is 2. The van der Waals surface area contributed by atoms with Gasteiger partial charge in [0.15, 0.2) is 0 Å². The molecule has 0 spiro atoms. The number of azide groups is 1. The molecule has 0 aliphatic carbocycles. The fourth-order valence-electron chi connectivity index (χ4n) is 0.690. The molecule has 5 heteroatoms. The highest BCUT2D eigenvalue weighted by Crippen LogP contribution is 2.04. The Hall–Kier alpha value is -1.22. The van der Waals surface area contributed by atoms with Crippen molar-refractivity contribution in [2.75, 3.05) is 0 Å². The fourth-order valence-corrected chi connectivity index (χ4v) is 0.690. The second kappa shape index (κ2) is 5.56. The van der Waals surface area contributed by atoms with Crippen LogP contribution in [0.5, 0.6) is 0 Å². The summed E-state index contributed by atoms with van der Waals surface area (Å²) >= 11 is 0. The van der Waals surface area contributed by atoms with E-state index in [1.165, 1.54) is 0 Å². The Kier molecular flexibility index (Phi) is 4.94. The first-order valence-electron chi connectivity index (χ1n) is 3.49. The van der Waals surface area contributed by atoms with Crippen molar-refractivity contribution in [3.63, 3.8) is 0 Å². The molecule has 0 radical (unpaired) electrons. The van der Waals surface area contributed by atoms with Crippen LogP contribution in [0.4, 0.5) is 0 Å². The molecule has 0 bridgehead atoms. The minimum Gasteiger partial charge on any atom is -0.481 e. The molecule has 1 unspecified atom stereocenters. The van der Waals surface area contributed by atoms with E-state index < -0.39 is 12.0 Å². The van der Waals surface area contributed by atoms with Gasteiger partial charge in [-0.2, -0.15) is 0 Å². The van der Waals surface area contributed by atoms with Gasteiger partial charge in [0.2, 0.25) is 0 Å². The lowest BCUT2D eigenvalue weighted by Crippen LogP contribution is -2.16. The van der Waals surface area contributed by atoms with E-state index in [4.69, 9.17) is 10.6 Å². The number of unbranched alkanes of at least 4 members (excludes halogenated alkanes) is 1. The zero-order valence-electron chi connectivity index (χ0n) is 6.40. The Morgan fingerprint density at radius 2 is 2.45 bits per heavy atom. The zero-order valence-corrected chi connectivity index (χ0v) is 6.40. The van der Waals surface area contributed by atoms with Crippen LogP contribution in [0, 0.1) is 0 Å². The van der Waals surface area contributed by atoms with Crippen LogP contribution in [0.25, 0.3) is 10.4 Å². The maximum Gasteiger partial charge on any atom is 0.312 e. The summed E-state index contributed by atoms with van der Waals surface area (Å²) in [6.45, 7) is 1.95. The number of hydrogen-bond donors (Lipinski definition) is 1. The predicted molar refractivity (Wildman–Crippen MR) is 40.1 cm³/mol. The molecule has 0 saturated carbocycles. The van der Waals surface area contributed by atoms with Gasteiger partial charge >= 0.3 is 5.97 Å². The van der Waals surface area contributed by atoms with Crippen LogP contribution in [0.3, 0.4) is 0 Å². The molecule has 0 aliphatic heterocycles. The van der Waals surface area contributed by atoms with Gasteiger partial charge in [-0.1, -0.05) is 24.9 Å². The topological polar surface area (TPSA) is 86.1 Å². The number of carbonyl (C=O) groups is 1. The number of aliphatic carboxylic acids is 1. The van der Waals surface area contributed by atoms with Crippen molar-refractivity contribution in [2.45, 2.75) is 32.2 Å². The van der Waals surface area contributed by atoms with E-state index in [0.29, 0.717) is 6.42 Å². The van der Waals surface area contributed by atoms with Gasteiger partial charge in [0.05, 0.1) is 0 Å². The molecule has 0 rings (SSSR count). The smallest absolute Gasteiger partial charge is 0.312 e. The van der Waals surface area contributed by atoms with Crippen molar-refractivity contribution in [1.82, 2.24) is 0 Å². The largest absolute Gasteiger partial charge is 0.481 e. The van der Waals surface area contributed by atoms with Gasteiger partial charge in [-0.3, -0.25) is 4.79 Å². The second-order valence-corrected chi connectivity index (χ2v) is 2.20. The molecule has 1 atom stereocenters. The second-order valence-electron chi connectivity index (χ2n) is 2.20. The molecule has 11 heavy (non-hydrogen) atoms. The predicted octanol–water partition coefficient (Wildman–Crippen LogP) is 1.94. The third kappa shape index (κ3) is 4.22. The summed E-state index contributed by atoms with van der Waals surface area (Å²) in [4.78, 5) is 12.8. The molecule has 1 N–H and O–H groups in total. The molecule has 0 aromatic heterocycles. The number of carboxylic acid groups (broad SMARTS) is 1. The van der Waals surface area contributed by atoms with Crippen molar-refractivity contribution >= 4 is 5.97 Å². The molecule has 0 heterocycles. The van der Waals surface area contributed by atoms with Crippen molar-refractivity contribution < 1.29 is 9.90 Å². The Bertz CT molecular complexity index is 173. The van der Waals surface area contributed by atoms with E-state index in [0.717, 1.165) is 12.8 Å². The van der Waals surface area contributed by atoms with Crippen LogP contribution in [0.1, 0.15) is 26.2 Å². The van der Waals surface area contributed by atoms with Gasteiger partial charge in [-0.15, -0.1) is 0 Å². The summed E-state index contributed by atoms with van der Waals surface area (Å²) in [7, 11) is 0. The van der Waals surface area contributed by atoms with E-state index in [1.54, 1.807) is 0 Å². The third-order valence-corrected chi connectivity index (χ3v) is 1.31. The first-order valence-corrected chi connectivity index (χ1v) is 3.49. The maximum atomic E-state index is 10.3. The molecule has 5 nitrogen and oxygen atoms in total. The fraction of sp³-hybridized carbons (Fsp3) is 0.833. The molecular formula is C6H11N3O2. The minimum absolute atomic E-state index is 0.426. The highest BCUT2D eigenvalue weighted by atomic mass is 16.4. The summed E-state index contributed by atoms with van der Waals surface area (Å²) < 4.78 is 0. The van der Waals surface area contributed by atoms with Gasteiger partial charge in [0, 0.05) is 4.91 Å². The molecular weight excluding hydrogens is 146 g/mol. The van der Waals surface area contributed by atoms with E-state index in [9.17, 15) is 4.79 Å². The number of carboxylic acids is 1. The zero-order chi connectivity index (χ0) is 8.69. The molecule has 0 amide bonds. The van der Waals surface area contributed by atoms with Crippen molar-refractivity contribution in [1.29, 1.82) is 0 Å². The Morgan fingerprint density at radius 3 is 2.82 bits per heavy atom. The summed E-state index contributed by atoms with van der Waals surface area (Å²) in [5.74, 6) is -1.05. The summed E-state index contributed by atoms with van der Waals surface area (Å²) in [6.07, 6.45) is 2.11. The highest BCUT2D eigenvalue weighted by molar-refractivity contribution is 5.73. The van der Waals surface area contributed by atoms with Crippen molar-refractivity contribution in [3.05, 3.63) is 10.4 Å². The Balaban J connectivity index is 3.89. The lowest BCUT2D eigenvalue weighted by atomic mass is 10.1. The molecule has 0 fully saturated rings. The number of nitrogens with zero attached hydrogens (tertiary/aromatic N) is 3. The van der Waals surface area contributed by atoms with E-state index in [1.807, 2.05) is 6.92 Å². The molecule has 62 valence electrons. The maximum absolute atomic E-state index is 10.3. The van der Waals surface area contributed by atoms with Gasteiger partial charge in [-0.25, -0.2) is 0 Å². The molecule has 0 aliphatic rings. The molecule has 0 aromatic rings. The summed E-state index contributed by atoms with van der Waals surface area (Å²) in [5, 5.41) is 11.6. The van der Waals surface area contributed by atoms with Gasteiger partial charge in [0.25, 0.3) is 0 Å². The lowest BCUT2D eigenvalue weighted by molar-refractivity contribution is -0.138. The van der Waals surface area contributed by atoms with Crippen LogP contribution in [-0.4, -0.2) is 17.1 Å². The molecule has 0 aromatic carbocycles. The van der Waals surface area contributed by atoms with Crippen LogP contribution in [0.2, 0.25) is 0 Å². The first-order chi connectivity index (χ1) is 5.22. The summed E-state index contributed by atoms with van der Waals surface area (Å²) in [6, 6.07) is -0.889. The standard InChI is InChI=1S/C6H11N3O2/c1-2-3-4-5(6(10)11)8-9-7/h5H,2-4H2,1H3,(H,10,11). The average Bonchev–Trinajstić information content (AvgIpc) is 1.97. The SMILES string of the molecule is CCCCC(N=[N+]=[N-])C(=O)O. The van der Waals surface area contributed by atoms with E-state index >= 15 is 0 Å². The molecule has 0 saturated heterocycles. The van der Waals surface area contributed by atoms with E-state index in [2.05, 4.69) is 10.0 Å². The Labute approximate surface area is 64.7 Å². The Morgan fingerprint density at radius 1 is 1.82 bits per heavy atom. The van der Waals surface area contributed by atoms with Crippen LogP contribution in [0.15, 0.2) is 5.11 Å². The van der Waals surface area contributed by atoms with Crippen LogP contribution >= 0.6 is 0 Å². The van der Waals surface area contributed by atoms with Crippen molar-refractivity contribution in [3.8, 4) is 0 Å². The number of rotatable bonds is 5. The monoisotopic (exact) mass is 157 g/mol. The first kappa shape index (κ1) is 9.78. The highest BCUT2D eigenvalue weighted by Gasteiger charge is 2.13. The van der Waals surface area contributed by atoms with Gasteiger partial charge < -0.3 is 5.11 Å². The average molecular weight is 157 g/mol. The van der Waals surface area contributed by atoms with Crippen molar-refractivity contribution in [2.24, 2.45) is 5.11 Å². The van der Waals surface area contributed by atoms with Gasteiger partial charge in [-0.05, 0) is 12.0 Å². The summed E-state index contributed by atoms with van der Waals surface area (Å²) in [5.41, 5.74) is 7.98. The third-order valence-electron chi connectivity index (χ3n) is 1.31. The van der Waals surface area contributed by atoms with Crippen LogP contribution in [-0.2, 0) is 4.79 Å². The normalized spacial score (nSPS) is 11.7. The van der Waals surface area contributed by atoms with Crippen LogP contribution < -0.4 is 0 Å².